The largest absolute Gasteiger partial charge is 0.383 e. The highest BCUT2D eigenvalue weighted by molar-refractivity contribution is 7.90. The van der Waals surface area contributed by atoms with Gasteiger partial charge in [0.05, 0.1) is 28.6 Å². The van der Waals surface area contributed by atoms with Crippen molar-refractivity contribution in [2.24, 2.45) is 0 Å². The molecule has 3 aromatic rings. The quantitative estimate of drug-likeness (QED) is 0.375. The van der Waals surface area contributed by atoms with Crippen molar-refractivity contribution in [2.75, 3.05) is 50.5 Å². The van der Waals surface area contributed by atoms with Crippen LogP contribution in [-0.4, -0.2) is 94.6 Å². The summed E-state index contributed by atoms with van der Waals surface area (Å²) in [6.45, 7) is 12.5. The second-order valence-electron chi connectivity index (χ2n) is 12.3. The maximum absolute atomic E-state index is 13.6. The number of aromatic nitrogens is 4. The van der Waals surface area contributed by atoms with Gasteiger partial charge in [0, 0.05) is 55.8 Å². The normalized spacial score (nSPS) is 17.5. The van der Waals surface area contributed by atoms with Gasteiger partial charge in [-0.25, -0.2) is 23.1 Å². The summed E-state index contributed by atoms with van der Waals surface area (Å²) in [7, 11) is -2.94. The SMILES string of the molecule is Cc1cc(C)c(CNC(=O)c2cc(C3=CCN(C4CCN(CCS(C)(=O)=O)CC4)CC3)nc3c2cnn3C(C)C)c(N)n1. The van der Waals surface area contributed by atoms with E-state index in [4.69, 9.17) is 10.7 Å². The average Bonchev–Trinajstić information content (AvgIpc) is 3.39. The first-order chi connectivity index (χ1) is 20.4. The molecule has 0 saturated carbocycles. The standard InChI is InChI=1S/C31H44N8O3S/c1-20(2)39-30-27(19-34-39)25(31(40)33-18-26-21(3)16-22(4)35-29(26)32)17-28(36-30)23-6-12-38(13-7-23)24-8-10-37(11-9-24)14-15-43(5,41)42/h6,16-17,19-20,24H,7-15,18H2,1-5H3,(H2,32,35)(H,33,40). The molecule has 232 valence electrons. The molecule has 0 unspecified atom stereocenters. The molecular formula is C31H44N8O3S. The van der Waals surface area contributed by atoms with Crippen molar-refractivity contribution in [3.63, 3.8) is 0 Å². The molecule has 2 aliphatic rings. The summed E-state index contributed by atoms with van der Waals surface area (Å²) in [6, 6.07) is 4.44. The predicted molar refractivity (Wildman–Crippen MR) is 171 cm³/mol. The molecule has 0 radical (unpaired) electrons. The van der Waals surface area contributed by atoms with Crippen molar-refractivity contribution >= 4 is 38.2 Å². The van der Waals surface area contributed by atoms with Crippen LogP contribution in [0.15, 0.2) is 24.4 Å². The highest BCUT2D eigenvalue weighted by atomic mass is 32.2. The number of hydrogen-bond acceptors (Lipinski definition) is 9. The minimum Gasteiger partial charge on any atom is -0.383 e. The highest BCUT2D eigenvalue weighted by Crippen LogP contribution is 2.29. The zero-order valence-corrected chi connectivity index (χ0v) is 26.7. The summed E-state index contributed by atoms with van der Waals surface area (Å²) < 4.78 is 25.0. The Morgan fingerprint density at radius 2 is 1.88 bits per heavy atom. The Labute approximate surface area is 254 Å². The molecule has 11 nitrogen and oxygen atoms in total. The van der Waals surface area contributed by atoms with Gasteiger partial charge in [0.2, 0.25) is 0 Å². The van der Waals surface area contributed by atoms with Gasteiger partial charge in [-0.3, -0.25) is 9.69 Å². The van der Waals surface area contributed by atoms with E-state index in [0.717, 1.165) is 78.9 Å². The highest BCUT2D eigenvalue weighted by Gasteiger charge is 2.27. The number of aryl methyl sites for hydroxylation is 2. The molecule has 5 heterocycles. The number of hydrogen-bond donors (Lipinski definition) is 2. The van der Waals surface area contributed by atoms with Crippen molar-refractivity contribution < 1.29 is 13.2 Å². The fourth-order valence-corrected chi connectivity index (χ4v) is 6.78. The number of sulfone groups is 1. The Bertz CT molecular complexity index is 1610. The van der Waals surface area contributed by atoms with Gasteiger partial charge in [-0.2, -0.15) is 5.10 Å². The zero-order chi connectivity index (χ0) is 30.9. The smallest absolute Gasteiger partial charge is 0.252 e. The summed E-state index contributed by atoms with van der Waals surface area (Å²) in [6.07, 6.45) is 8.19. The van der Waals surface area contributed by atoms with Crippen LogP contribution in [0.5, 0.6) is 0 Å². The molecule has 3 aromatic heterocycles. The van der Waals surface area contributed by atoms with Crippen molar-refractivity contribution in [3.8, 4) is 0 Å². The Morgan fingerprint density at radius 1 is 1.14 bits per heavy atom. The summed E-state index contributed by atoms with van der Waals surface area (Å²) in [5, 5.41) is 8.35. The van der Waals surface area contributed by atoms with Crippen LogP contribution in [0.4, 0.5) is 5.82 Å². The van der Waals surface area contributed by atoms with E-state index in [1.54, 1.807) is 6.20 Å². The molecule has 0 bridgehead atoms. The van der Waals surface area contributed by atoms with E-state index in [1.165, 1.54) is 6.26 Å². The molecular weight excluding hydrogens is 564 g/mol. The van der Waals surface area contributed by atoms with Gasteiger partial charge in [0.1, 0.15) is 15.7 Å². The third-order valence-corrected chi connectivity index (χ3v) is 9.58. The van der Waals surface area contributed by atoms with Crippen LogP contribution < -0.4 is 11.1 Å². The minimum absolute atomic E-state index is 0.0939. The topological polar surface area (TPSA) is 139 Å². The van der Waals surface area contributed by atoms with Crippen molar-refractivity contribution in [1.82, 2.24) is 34.9 Å². The van der Waals surface area contributed by atoms with Gasteiger partial charge in [0.15, 0.2) is 5.65 Å². The molecule has 1 saturated heterocycles. The maximum atomic E-state index is 13.6. The number of nitrogens with one attached hydrogen (secondary N) is 1. The van der Waals surface area contributed by atoms with E-state index in [-0.39, 0.29) is 24.2 Å². The van der Waals surface area contributed by atoms with Crippen LogP contribution >= 0.6 is 0 Å². The van der Waals surface area contributed by atoms with E-state index in [9.17, 15) is 13.2 Å². The number of anilines is 1. The molecule has 1 fully saturated rings. The summed E-state index contributed by atoms with van der Waals surface area (Å²) in [4.78, 5) is 27.8. The molecule has 0 aliphatic carbocycles. The second-order valence-corrected chi connectivity index (χ2v) is 14.5. The maximum Gasteiger partial charge on any atom is 0.252 e. The third-order valence-electron chi connectivity index (χ3n) is 8.65. The molecule has 0 spiro atoms. The lowest BCUT2D eigenvalue weighted by Gasteiger charge is -2.39. The molecule has 0 aromatic carbocycles. The van der Waals surface area contributed by atoms with Crippen LogP contribution in [0.2, 0.25) is 0 Å². The van der Waals surface area contributed by atoms with Gasteiger partial charge >= 0.3 is 0 Å². The van der Waals surface area contributed by atoms with Crippen LogP contribution in [0.1, 0.15) is 72.0 Å². The molecule has 1 amide bonds. The van der Waals surface area contributed by atoms with Gasteiger partial charge in [-0.15, -0.1) is 0 Å². The Kier molecular flexibility index (Phi) is 9.19. The van der Waals surface area contributed by atoms with E-state index >= 15 is 0 Å². The van der Waals surface area contributed by atoms with Crippen molar-refractivity contribution in [3.05, 3.63) is 52.5 Å². The number of fused-ring (bicyclic) bond motifs is 1. The zero-order valence-electron chi connectivity index (χ0n) is 25.9. The van der Waals surface area contributed by atoms with Gasteiger partial charge in [0.25, 0.3) is 5.91 Å². The van der Waals surface area contributed by atoms with E-state index in [0.29, 0.717) is 29.6 Å². The summed E-state index contributed by atoms with van der Waals surface area (Å²) in [5.74, 6) is 0.455. The predicted octanol–water partition coefficient (Wildman–Crippen LogP) is 3.13. The van der Waals surface area contributed by atoms with Gasteiger partial charge < -0.3 is 16.0 Å². The van der Waals surface area contributed by atoms with E-state index in [2.05, 4.69) is 45.1 Å². The minimum atomic E-state index is -2.94. The van der Waals surface area contributed by atoms with Crippen molar-refractivity contribution in [1.29, 1.82) is 0 Å². The lowest BCUT2D eigenvalue weighted by Crippen LogP contribution is -2.47. The number of nitrogen functional groups attached to an aromatic ring is 1. The third kappa shape index (κ3) is 7.25. The van der Waals surface area contributed by atoms with Crippen LogP contribution in [0, 0.1) is 13.8 Å². The molecule has 12 heteroatoms. The number of carbonyl (C=O) groups is 1. The number of amides is 1. The number of nitrogens with zero attached hydrogens (tertiary/aromatic N) is 6. The molecule has 5 rings (SSSR count). The van der Waals surface area contributed by atoms with Gasteiger partial charge in [-0.05, 0) is 83.3 Å². The lowest BCUT2D eigenvalue weighted by atomic mass is 9.97. The van der Waals surface area contributed by atoms with E-state index in [1.807, 2.05) is 30.7 Å². The fourth-order valence-electron chi connectivity index (χ4n) is 6.19. The molecule has 3 N–H and O–H groups in total. The Hall–Kier alpha value is -3.35. The average molecular weight is 609 g/mol. The first-order valence-electron chi connectivity index (χ1n) is 15.1. The monoisotopic (exact) mass is 608 g/mol. The number of likely N-dealkylation sites (tertiary alicyclic amines) is 1. The fraction of sp³-hybridized carbons (Fsp3) is 0.548. The van der Waals surface area contributed by atoms with Crippen molar-refractivity contribution in [2.45, 2.75) is 65.6 Å². The number of carbonyl (C=O) groups excluding carboxylic acids is 1. The second kappa shape index (κ2) is 12.7. The first kappa shape index (κ1) is 31.1. The molecule has 43 heavy (non-hydrogen) atoms. The van der Waals surface area contributed by atoms with Gasteiger partial charge in [-0.1, -0.05) is 6.08 Å². The molecule has 2 aliphatic heterocycles. The Morgan fingerprint density at radius 3 is 2.51 bits per heavy atom. The summed E-state index contributed by atoms with van der Waals surface area (Å²) >= 11 is 0. The van der Waals surface area contributed by atoms with E-state index < -0.39 is 9.84 Å². The first-order valence-corrected chi connectivity index (χ1v) is 17.2. The molecule has 0 atom stereocenters. The van der Waals surface area contributed by atoms with Crippen LogP contribution in [-0.2, 0) is 16.4 Å². The summed E-state index contributed by atoms with van der Waals surface area (Å²) in [5.41, 5.74) is 12.0. The van der Waals surface area contributed by atoms with Crippen LogP contribution in [0.25, 0.3) is 16.6 Å². The number of nitrogens with two attached hydrogens (primary N) is 1. The number of piperidine rings is 1. The Balaban J connectivity index is 1.32. The number of rotatable bonds is 9. The van der Waals surface area contributed by atoms with Crippen LogP contribution in [0.3, 0.4) is 0 Å². The lowest BCUT2D eigenvalue weighted by molar-refractivity contribution is 0.0952. The number of pyridine rings is 2.